The van der Waals surface area contributed by atoms with Crippen molar-refractivity contribution in [2.45, 2.75) is 32.9 Å². The van der Waals surface area contributed by atoms with Crippen molar-refractivity contribution in [1.29, 1.82) is 0 Å². The molecule has 1 atom stereocenters. The summed E-state index contributed by atoms with van der Waals surface area (Å²) < 4.78 is 1.54. The molecule has 2 rings (SSSR count). The predicted molar refractivity (Wildman–Crippen MR) is 67.6 cm³/mol. The molecule has 6 heteroatoms. The van der Waals surface area contributed by atoms with Crippen LogP contribution in [0.4, 0.5) is 5.82 Å². The lowest BCUT2D eigenvalue weighted by atomic mass is 9.81. The molecule has 0 aromatic carbocycles. The van der Waals surface area contributed by atoms with Crippen molar-refractivity contribution in [3.8, 4) is 0 Å². The fraction of sp³-hybridized carbons (Fsp3) is 0.667. The van der Waals surface area contributed by atoms with E-state index in [1.54, 1.807) is 17.2 Å². The first-order chi connectivity index (χ1) is 8.38. The van der Waals surface area contributed by atoms with E-state index in [0.29, 0.717) is 25.3 Å². The molecule has 1 aliphatic heterocycles. The summed E-state index contributed by atoms with van der Waals surface area (Å²) in [4.78, 5) is 13.9. The van der Waals surface area contributed by atoms with Gasteiger partial charge in [0.2, 0.25) is 5.91 Å². The van der Waals surface area contributed by atoms with E-state index in [1.165, 1.54) is 4.68 Å². The summed E-state index contributed by atoms with van der Waals surface area (Å²) in [5.41, 5.74) is 5.25. The van der Waals surface area contributed by atoms with E-state index in [4.69, 9.17) is 5.73 Å². The minimum Gasteiger partial charge on any atom is -0.392 e. The number of likely N-dealkylation sites (tertiary alicyclic amines) is 1. The van der Waals surface area contributed by atoms with Crippen LogP contribution in [-0.2, 0) is 11.3 Å². The van der Waals surface area contributed by atoms with Crippen molar-refractivity contribution in [3.63, 3.8) is 0 Å². The van der Waals surface area contributed by atoms with E-state index in [-0.39, 0.29) is 24.0 Å². The van der Waals surface area contributed by atoms with Crippen LogP contribution in [-0.4, -0.2) is 44.9 Å². The molecular formula is C12H20N4O2. The highest BCUT2D eigenvalue weighted by molar-refractivity contribution is 5.76. The lowest BCUT2D eigenvalue weighted by Crippen LogP contribution is -2.51. The van der Waals surface area contributed by atoms with Crippen LogP contribution in [0.25, 0.3) is 0 Å². The number of aliphatic hydroxyl groups excluding tert-OH is 1. The molecule has 1 unspecified atom stereocenters. The lowest BCUT2D eigenvalue weighted by molar-refractivity contribution is -0.138. The molecule has 1 saturated heterocycles. The number of nitrogens with zero attached hydrogens (tertiary/aromatic N) is 3. The monoisotopic (exact) mass is 252 g/mol. The Morgan fingerprint density at radius 3 is 2.94 bits per heavy atom. The third-order valence-corrected chi connectivity index (χ3v) is 3.48. The highest BCUT2D eigenvalue weighted by atomic mass is 16.3. The molecule has 1 fully saturated rings. The van der Waals surface area contributed by atoms with Crippen LogP contribution in [0, 0.1) is 5.41 Å². The van der Waals surface area contributed by atoms with E-state index >= 15 is 0 Å². The number of nitrogens with two attached hydrogens (primary N) is 1. The summed E-state index contributed by atoms with van der Waals surface area (Å²) in [5, 5.41) is 13.9. The largest absolute Gasteiger partial charge is 0.392 e. The highest BCUT2D eigenvalue weighted by Crippen LogP contribution is 2.29. The van der Waals surface area contributed by atoms with Gasteiger partial charge in [0.25, 0.3) is 0 Å². The summed E-state index contributed by atoms with van der Waals surface area (Å²) in [5.74, 6) is 0.426. The first-order valence-corrected chi connectivity index (χ1v) is 6.13. The van der Waals surface area contributed by atoms with Crippen molar-refractivity contribution in [3.05, 3.63) is 12.3 Å². The molecule has 1 aromatic heterocycles. The van der Waals surface area contributed by atoms with E-state index in [9.17, 15) is 9.90 Å². The van der Waals surface area contributed by atoms with Crippen LogP contribution in [0.2, 0.25) is 0 Å². The number of carbonyl (C=O) groups excluding carboxylic acids is 1. The second kappa shape index (κ2) is 4.61. The quantitative estimate of drug-likeness (QED) is 0.781. The SMILES string of the molecule is CC1(C)CN(C(=O)Cn2ccc(N)n2)CCC1O. The zero-order valence-corrected chi connectivity index (χ0v) is 10.8. The molecule has 100 valence electrons. The van der Waals surface area contributed by atoms with Gasteiger partial charge in [-0.1, -0.05) is 13.8 Å². The minimum absolute atomic E-state index is 0.0121. The zero-order valence-electron chi connectivity index (χ0n) is 10.8. The van der Waals surface area contributed by atoms with Gasteiger partial charge in [-0.25, -0.2) is 0 Å². The van der Waals surface area contributed by atoms with Crippen molar-refractivity contribution in [1.82, 2.24) is 14.7 Å². The van der Waals surface area contributed by atoms with Crippen molar-refractivity contribution >= 4 is 11.7 Å². The average Bonchev–Trinajstić information content (AvgIpc) is 2.68. The predicted octanol–water partition coefficient (Wildman–Crippen LogP) is 0.0847. The van der Waals surface area contributed by atoms with Crippen LogP contribution in [0.15, 0.2) is 12.3 Å². The molecule has 2 heterocycles. The summed E-state index contributed by atoms with van der Waals surface area (Å²) in [6.45, 7) is 5.32. The number of amides is 1. The Kier molecular flexibility index (Phi) is 3.30. The van der Waals surface area contributed by atoms with E-state index in [1.807, 2.05) is 13.8 Å². The Bertz CT molecular complexity index is 441. The molecule has 0 radical (unpaired) electrons. The first-order valence-electron chi connectivity index (χ1n) is 6.13. The van der Waals surface area contributed by atoms with Gasteiger partial charge < -0.3 is 15.7 Å². The summed E-state index contributed by atoms with van der Waals surface area (Å²) >= 11 is 0. The average molecular weight is 252 g/mol. The molecule has 0 bridgehead atoms. The number of aromatic nitrogens is 2. The van der Waals surface area contributed by atoms with Crippen molar-refractivity contribution < 1.29 is 9.90 Å². The van der Waals surface area contributed by atoms with Gasteiger partial charge >= 0.3 is 0 Å². The standard InChI is InChI=1S/C12H20N4O2/c1-12(2)8-15(5-3-9(12)17)11(18)7-16-6-4-10(13)14-16/h4,6,9,17H,3,5,7-8H2,1-2H3,(H2,13,14). The third kappa shape index (κ3) is 2.64. The van der Waals surface area contributed by atoms with Crippen molar-refractivity contribution in [2.24, 2.45) is 5.41 Å². The number of hydrogen-bond donors (Lipinski definition) is 2. The number of carbonyl (C=O) groups is 1. The first kappa shape index (κ1) is 12.9. The summed E-state index contributed by atoms with van der Waals surface area (Å²) in [7, 11) is 0. The summed E-state index contributed by atoms with van der Waals surface area (Å²) in [6, 6.07) is 1.66. The minimum atomic E-state index is -0.345. The van der Waals surface area contributed by atoms with Gasteiger partial charge in [0.15, 0.2) is 0 Å². The number of nitrogen functional groups attached to an aromatic ring is 1. The molecule has 18 heavy (non-hydrogen) atoms. The molecule has 1 amide bonds. The number of hydrogen-bond acceptors (Lipinski definition) is 4. The van der Waals surface area contributed by atoms with E-state index < -0.39 is 0 Å². The normalized spacial score (nSPS) is 23.1. The van der Waals surface area contributed by atoms with Gasteiger partial charge in [-0.3, -0.25) is 9.48 Å². The van der Waals surface area contributed by atoms with Crippen molar-refractivity contribution in [2.75, 3.05) is 18.8 Å². The molecule has 1 aromatic rings. The molecule has 0 spiro atoms. The summed E-state index contributed by atoms with van der Waals surface area (Å²) in [6.07, 6.45) is 1.97. The fourth-order valence-electron chi connectivity index (χ4n) is 2.26. The second-order valence-corrected chi connectivity index (χ2v) is 5.55. The molecular weight excluding hydrogens is 232 g/mol. The molecule has 3 N–H and O–H groups in total. The maximum Gasteiger partial charge on any atom is 0.244 e. The maximum atomic E-state index is 12.1. The van der Waals surface area contributed by atoms with Crippen LogP contribution >= 0.6 is 0 Å². The van der Waals surface area contributed by atoms with Crippen LogP contribution in [0.5, 0.6) is 0 Å². The molecule has 0 aliphatic carbocycles. The van der Waals surface area contributed by atoms with Gasteiger partial charge in [-0.15, -0.1) is 0 Å². The number of anilines is 1. The smallest absolute Gasteiger partial charge is 0.244 e. The second-order valence-electron chi connectivity index (χ2n) is 5.55. The van der Waals surface area contributed by atoms with Gasteiger partial charge in [0.1, 0.15) is 12.4 Å². The van der Waals surface area contributed by atoms with Gasteiger partial charge in [-0.2, -0.15) is 5.10 Å². The Hall–Kier alpha value is -1.56. The lowest BCUT2D eigenvalue weighted by Gasteiger charge is -2.41. The topological polar surface area (TPSA) is 84.4 Å². The van der Waals surface area contributed by atoms with E-state index in [2.05, 4.69) is 5.10 Å². The van der Waals surface area contributed by atoms with Crippen LogP contribution in [0.3, 0.4) is 0 Å². The van der Waals surface area contributed by atoms with Gasteiger partial charge in [0, 0.05) is 24.7 Å². The van der Waals surface area contributed by atoms with Crippen LogP contribution in [0.1, 0.15) is 20.3 Å². The molecule has 6 nitrogen and oxygen atoms in total. The Morgan fingerprint density at radius 1 is 1.67 bits per heavy atom. The maximum absolute atomic E-state index is 12.1. The fourth-order valence-corrected chi connectivity index (χ4v) is 2.26. The number of rotatable bonds is 2. The van der Waals surface area contributed by atoms with E-state index in [0.717, 1.165) is 0 Å². The Morgan fingerprint density at radius 2 is 2.39 bits per heavy atom. The molecule has 1 aliphatic rings. The van der Waals surface area contributed by atoms with Gasteiger partial charge in [0.05, 0.1) is 6.10 Å². The highest BCUT2D eigenvalue weighted by Gasteiger charge is 2.36. The van der Waals surface area contributed by atoms with Crippen LogP contribution < -0.4 is 5.73 Å². The van der Waals surface area contributed by atoms with Gasteiger partial charge in [-0.05, 0) is 12.5 Å². The Labute approximate surface area is 106 Å². The number of aliphatic hydroxyl groups is 1. The third-order valence-electron chi connectivity index (χ3n) is 3.48. The Balaban J connectivity index is 1.98. The zero-order chi connectivity index (χ0) is 13.3. The molecule has 0 saturated carbocycles. The number of piperidine rings is 1.